The highest BCUT2D eigenvalue weighted by atomic mass is 35.5. The molecule has 0 aromatic heterocycles. The van der Waals surface area contributed by atoms with Crippen LogP contribution in [0.4, 0.5) is 11.4 Å². The number of rotatable bonds is 10. The number of hydrogen-bond donors (Lipinski definition) is 0. The number of unbranched alkanes of at least 4 members (excludes halogenated alkanes) is 1. The number of benzene rings is 4. The van der Waals surface area contributed by atoms with Gasteiger partial charge in [0.2, 0.25) is 0 Å². The van der Waals surface area contributed by atoms with Crippen molar-refractivity contribution >= 4 is 51.5 Å². The van der Waals surface area contributed by atoms with Crippen molar-refractivity contribution in [3.8, 4) is 5.75 Å². The fraction of sp³-hybridized carbons (Fsp3) is 0.306. The van der Waals surface area contributed by atoms with Crippen LogP contribution >= 0.6 is 11.6 Å². The van der Waals surface area contributed by atoms with Gasteiger partial charge in [0.05, 0.1) is 6.61 Å². The summed E-state index contributed by atoms with van der Waals surface area (Å²) in [5.41, 5.74) is 3.19. The van der Waals surface area contributed by atoms with Crippen molar-refractivity contribution in [1.82, 2.24) is 4.90 Å². The van der Waals surface area contributed by atoms with Crippen LogP contribution in [0, 0.1) is 0 Å². The van der Waals surface area contributed by atoms with E-state index in [1.54, 1.807) is 59.5 Å². The molecule has 0 unspecified atom stereocenters. The van der Waals surface area contributed by atoms with Crippen LogP contribution < -0.4 is 14.5 Å². The van der Waals surface area contributed by atoms with E-state index in [0.717, 1.165) is 49.8 Å². The van der Waals surface area contributed by atoms with Crippen LogP contribution in [0.15, 0.2) is 78.9 Å². The second kappa shape index (κ2) is 13.1. The number of amides is 3. The molecule has 1 fully saturated rings. The Kier molecular flexibility index (Phi) is 8.84. The summed E-state index contributed by atoms with van der Waals surface area (Å²) in [5, 5.41) is 2.20. The largest absolute Gasteiger partial charge is 0.494 e. The molecular weight excluding hydrogens is 574 g/mol. The van der Waals surface area contributed by atoms with E-state index in [2.05, 4.69) is 11.8 Å². The Balaban J connectivity index is 1.26. The third kappa shape index (κ3) is 5.89. The summed E-state index contributed by atoms with van der Waals surface area (Å²) in [7, 11) is 0. The molecule has 0 spiro atoms. The zero-order chi connectivity index (χ0) is 30.6. The number of imide groups is 1. The Morgan fingerprint density at radius 2 is 1.57 bits per heavy atom. The Bertz CT molecular complexity index is 1660. The summed E-state index contributed by atoms with van der Waals surface area (Å²) < 4.78 is 5.76. The number of carbonyl (C=O) groups excluding carboxylic acids is 3. The number of hydrogen-bond acceptors (Lipinski definition) is 5. The first-order chi connectivity index (χ1) is 21.5. The van der Waals surface area contributed by atoms with Crippen LogP contribution in [-0.4, -0.2) is 55.4 Å². The maximum Gasteiger partial charge on any atom is 0.261 e. The van der Waals surface area contributed by atoms with Crippen molar-refractivity contribution in [2.45, 2.75) is 39.0 Å². The molecule has 6 rings (SSSR count). The van der Waals surface area contributed by atoms with Gasteiger partial charge >= 0.3 is 0 Å². The molecule has 0 radical (unpaired) electrons. The van der Waals surface area contributed by atoms with Crippen molar-refractivity contribution in [3.05, 3.63) is 101 Å². The van der Waals surface area contributed by atoms with E-state index in [9.17, 15) is 14.4 Å². The third-order valence-corrected chi connectivity index (χ3v) is 8.72. The zero-order valence-electron chi connectivity index (χ0n) is 24.9. The molecule has 4 aromatic carbocycles. The topological polar surface area (TPSA) is 70.2 Å². The first-order valence-corrected chi connectivity index (χ1v) is 15.8. The molecule has 44 heavy (non-hydrogen) atoms. The first-order valence-electron chi connectivity index (χ1n) is 15.4. The van der Waals surface area contributed by atoms with Crippen molar-refractivity contribution in [1.29, 1.82) is 0 Å². The molecule has 0 aliphatic carbocycles. The van der Waals surface area contributed by atoms with Gasteiger partial charge in [-0.2, -0.15) is 0 Å². The molecule has 2 aliphatic heterocycles. The fourth-order valence-electron chi connectivity index (χ4n) is 6.10. The zero-order valence-corrected chi connectivity index (χ0v) is 25.7. The van der Waals surface area contributed by atoms with Gasteiger partial charge in [-0.25, -0.2) is 0 Å². The molecule has 8 heteroatoms. The van der Waals surface area contributed by atoms with Gasteiger partial charge in [0, 0.05) is 70.0 Å². The van der Waals surface area contributed by atoms with Gasteiger partial charge in [0.1, 0.15) is 5.75 Å². The van der Waals surface area contributed by atoms with Crippen LogP contribution in [0.3, 0.4) is 0 Å². The van der Waals surface area contributed by atoms with Gasteiger partial charge in [0.15, 0.2) is 0 Å². The smallest absolute Gasteiger partial charge is 0.261 e. The lowest BCUT2D eigenvalue weighted by molar-refractivity contribution is 0.0611. The molecule has 0 bridgehead atoms. The molecule has 0 atom stereocenters. The quantitative estimate of drug-likeness (QED) is 0.137. The van der Waals surface area contributed by atoms with E-state index in [0.29, 0.717) is 45.1 Å². The molecule has 2 aliphatic rings. The van der Waals surface area contributed by atoms with Crippen molar-refractivity contribution in [2.24, 2.45) is 0 Å². The number of anilines is 2. The van der Waals surface area contributed by atoms with Crippen LogP contribution in [0.1, 0.15) is 70.1 Å². The average molecular weight is 610 g/mol. The molecule has 2 heterocycles. The van der Waals surface area contributed by atoms with Gasteiger partial charge in [-0.1, -0.05) is 37.1 Å². The van der Waals surface area contributed by atoms with E-state index in [1.807, 2.05) is 24.3 Å². The van der Waals surface area contributed by atoms with Crippen LogP contribution in [0.2, 0.25) is 5.02 Å². The summed E-state index contributed by atoms with van der Waals surface area (Å²) in [6, 6.07) is 23.6. The second-order valence-corrected chi connectivity index (χ2v) is 11.8. The minimum atomic E-state index is -0.346. The Hall–Kier alpha value is -4.36. The lowest BCUT2D eigenvalue weighted by Crippen LogP contribution is -2.46. The normalized spacial score (nSPS) is 14.7. The van der Waals surface area contributed by atoms with E-state index in [-0.39, 0.29) is 30.8 Å². The number of carbonyl (C=O) groups is 3. The Morgan fingerprint density at radius 1 is 0.864 bits per heavy atom. The monoisotopic (exact) mass is 609 g/mol. The van der Waals surface area contributed by atoms with Crippen LogP contribution in [-0.2, 0) is 0 Å². The van der Waals surface area contributed by atoms with Crippen LogP contribution in [0.25, 0.3) is 10.8 Å². The lowest BCUT2D eigenvalue weighted by Gasteiger charge is -2.33. The molecule has 7 nitrogen and oxygen atoms in total. The summed E-state index contributed by atoms with van der Waals surface area (Å²) in [6.45, 7) is 4.81. The molecule has 226 valence electrons. The standard InChI is InChI=1S/C36H36ClN3O4/c1-2-3-24-44-28-16-10-25(11-17-28)34(41)39(27-14-12-26(37)13-15-27)22-23-40-35(42)30-9-7-8-29-32(38-20-5-4-6-21-38)19-18-31(33(29)30)36(40)43/h7-19H,2-6,20-24H2,1H3. The Labute approximate surface area is 263 Å². The summed E-state index contributed by atoms with van der Waals surface area (Å²) in [5.74, 6) is -0.242. The molecule has 3 amide bonds. The third-order valence-electron chi connectivity index (χ3n) is 8.46. The van der Waals surface area contributed by atoms with Crippen molar-refractivity contribution in [3.63, 3.8) is 0 Å². The average Bonchev–Trinajstić information content (AvgIpc) is 3.06. The van der Waals surface area contributed by atoms with Crippen LogP contribution in [0.5, 0.6) is 5.75 Å². The molecule has 4 aromatic rings. The maximum atomic E-state index is 13.8. The highest BCUT2D eigenvalue weighted by Gasteiger charge is 2.34. The minimum absolute atomic E-state index is 0.0357. The minimum Gasteiger partial charge on any atom is -0.494 e. The van der Waals surface area contributed by atoms with E-state index >= 15 is 0 Å². The van der Waals surface area contributed by atoms with Crippen molar-refractivity contribution < 1.29 is 19.1 Å². The van der Waals surface area contributed by atoms with Gasteiger partial charge in [-0.15, -0.1) is 0 Å². The fourth-order valence-corrected chi connectivity index (χ4v) is 6.22. The molecule has 0 saturated carbocycles. The van der Waals surface area contributed by atoms with Crippen molar-refractivity contribution in [2.75, 3.05) is 42.6 Å². The predicted octanol–water partition coefficient (Wildman–Crippen LogP) is 7.61. The number of ether oxygens (including phenoxy) is 1. The lowest BCUT2D eigenvalue weighted by atomic mass is 9.92. The molecular formula is C36H36ClN3O4. The van der Waals surface area contributed by atoms with Gasteiger partial charge < -0.3 is 14.5 Å². The summed E-state index contributed by atoms with van der Waals surface area (Å²) >= 11 is 6.15. The van der Waals surface area contributed by atoms with Gasteiger partial charge in [-0.3, -0.25) is 19.3 Å². The van der Waals surface area contributed by atoms with E-state index in [1.165, 1.54) is 11.3 Å². The molecule has 0 N–H and O–H groups in total. The highest BCUT2D eigenvalue weighted by molar-refractivity contribution is 6.30. The van der Waals surface area contributed by atoms with E-state index in [4.69, 9.17) is 16.3 Å². The Morgan fingerprint density at radius 3 is 2.27 bits per heavy atom. The van der Waals surface area contributed by atoms with Gasteiger partial charge in [-0.05, 0) is 92.4 Å². The highest BCUT2D eigenvalue weighted by Crippen LogP contribution is 2.37. The number of nitrogens with zero attached hydrogens (tertiary/aromatic N) is 3. The second-order valence-electron chi connectivity index (χ2n) is 11.3. The summed E-state index contributed by atoms with van der Waals surface area (Å²) in [6.07, 6.45) is 5.48. The van der Waals surface area contributed by atoms with Gasteiger partial charge in [0.25, 0.3) is 17.7 Å². The predicted molar refractivity (Wildman–Crippen MR) is 175 cm³/mol. The maximum absolute atomic E-state index is 13.8. The summed E-state index contributed by atoms with van der Waals surface area (Å²) in [4.78, 5) is 46.7. The number of piperidine rings is 1. The SMILES string of the molecule is CCCCOc1ccc(C(=O)N(CCN2C(=O)c3cccc4c(N5CCCCC5)ccc(c34)C2=O)c2ccc(Cl)cc2)cc1. The first kappa shape index (κ1) is 29.7. The van der Waals surface area contributed by atoms with E-state index < -0.39 is 0 Å². The molecule has 1 saturated heterocycles. The number of halogens is 1.